The molecule has 4 N–H and O–H groups in total. The number of nitrogens with zero attached hydrogens (tertiary/aromatic N) is 1. The number of nitrogens with one attached hydrogen (secondary N) is 2. The van der Waals surface area contributed by atoms with Crippen LogP contribution in [0.3, 0.4) is 0 Å². The first-order chi connectivity index (χ1) is 9.16. The Hall–Kier alpha value is -0.770. The molecule has 0 fully saturated rings. The second kappa shape index (κ2) is 9.22. The van der Waals surface area contributed by atoms with Crippen molar-refractivity contribution < 1.29 is 0 Å². The van der Waals surface area contributed by atoms with Gasteiger partial charge in [-0.15, -0.1) is 0 Å². The van der Waals surface area contributed by atoms with Gasteiger partial charge in [0.15, 0.2) is 5.96 Å². The first-order valence-electron chi connectivity index (χ1n) is 7.94. The molecule has 0 saturated carbocycles. The molecule has 4 nitrogen and oxygen atoms in total. The third-order valence-corrected chi connectivity index (χ3v) is 3.11. The highest BCUT2D eigenvalue weighted by molar-refractivity contribution is 5.80. The van der Waals surface area contributed by atoms with Gasteiger partial charge in [-0.05, 0) is 58.4 Å². The number of nitrogens with two attached hydrogens (primary N) is 1. The monoisotopic (exact) mass is 284 g/mol. The molecule has 20 heavy (non-hydrogen) atoms. The summed E-state index contributed by atoms with van der Waals surface area (Å²) in [6.07, 6.45) is 2.27. The molecular weight excluding hydrogens is 248 g/mol. The molecule has 1 unspecified atom stereocenters. The third-order valence-electron chi connectivity index (χ3n) is 3.11. The zero-order valence-electron chi connectivity index (χ0n) is 14.6. The van der Waals surface area contributed by atoms with Crippen LogP contribution < -0.4 is 16.4 Å². The molecule has 0 aliphatic heterocycles. The number of aliphatic imine (C=N–C) groups is 1. The molecule has 0 rings (SSSR count). The molecule has 0 saturated heterocycles. The summed E-state index contributed by atoms with van der Waals surface area (Å²) in [6, 6.07) is 0.683. The second-order valence-electron chi connectivity index (χ2n) is 7.27. The van der Waals surface area contributed by atoms with Crippen molar-refractivity contribution in [2.75, 3.05) is 13.1 Å². The Labute approximate surface area is 126 Å². The van der Waals surface area contributed by atoms with E-state index in [0.29, 0.717) is 18.0 Å². The minimum Gasteiger partial charge on any atom is -0.356 e. The Morgan fingerprint density at radius 3 is 2.20 bits per heavy atom. The standard InChI is InChI=1S/C16H36N4/c1-12(2)19-15(20-13(3)4)18-11-16(6,7)10-14(5)8-9-17/h12-14H,8-11,17H2,1-7H3,(H2,18,19,20). The quantitative estimate of drug-likeness (QED) is 0.474. The lowest BCUT2D eigenvalue weighted by atomic mass is 9.82. The highest BCUT2D eigenvalue weighted by atomic mass is 15.2. The molecule has 0 aliphatic rings. The molecule has 0 aromatic rings. The average molecular weight is 284 g/mol. The average Bonchev–Trinajstić information content (AvgIpc) is 2.24. The van der Waals surface area contributed by atoms with Gasteiger partial charge in [0, 0.05) is 18.6 Å². The van der Waals surface area contributed by atoms with Crippen LogP contribution >= 0.6 is 0 Å². The van der Waals surface area contributed by atoms with Gasteiger partial charge in [-0.2, -0.15) is 0 Å². The van der Waals surface area contributed by atoms with Crippen LogP contribution in [0, 0.1) is 11.3 Å². The van der Waals surface area contributed by atoms with E-state index in [1.165, 1.54) is 6.42 Å². The summed E-state index contributed by atoms with van der Waals surface area (Å²) in [6.45, 7) is 17.0. The Bertz CT molecular complexity index is 282. The molecular formula is C16H36N4. The smallest absolute Gasteiger partial charge is 0.191 e. The minimum atomic E-state index is 0.241. The van der Waals surface area contributed by atoms with Gasteiger partial charge in [-0.3, -0.25) is 4.99 Å². The molecule has 0 heterocycles. The Morgan fingerprint density at radius 2 is 1.75 bits per heavy atom. The van der Waals surface area contributed by atoms with Crippen LogP contribution in [0.15, 0.2) is 4.99 Å². The van der Waals surface area contributed by atoms with Crippen molar-refractivity contribution in [2.45, 2.75) is 73.4 Å². The summed E-state index contributed by atoms with van der Waals surface area (Å²) >= 11 is 0. The fraction of sp³-hybridized carbons (Fsp3) is 0.938. The maximum absolute atomic E-state index is 5.64. The van der Waals surface area contributed by atoms with Gasteiger partial charge in [0.25, 0.3) is 0 Å². The molecule has 0 amide bonds. The van der Waals surface area contributed by atoms with Crippen LogP contribution in [-0.2, 0) is 0 Å². The van der Waals surface area contributed by atoms with Crippen LogP contribution in [0.4, 0.5) is 0 Å². The molecule has 0 aliphatic carbocycles. The summed E-state index contributed by atoms with van der Waals surface area (Å²) in [5, 5.41) is 6.86. The maximum Gasteiger partial charge on any atom is 0.191 e. The normalized spacial score (nSPS) is 14.8. The maximum atomic E-state index is 5.64. The molecule has 0 bridgehead atoms. The predicted octanol–water partition coefficient (Wildman–Crippen LogP) is 2.74. The van der Waals surface area contributed by atoms with Gasteiger partial charge in [0.1, 0.15) is 0 Å². The van der Waals surface area contributed by atoms with Crippen molar-refractivity contribution in [1.29, 1.82) is 0 Å². The van der Waals surface area contributed by atoms with Crippen LogP contribution in [0.2, 0.25) is 0 Å². The Kier molecular flexibility index (Phi) is 8.86. The zero-order valence-corrected chi connectivity index (χ0v) is 14.6. The van der Waals surface area contributed by atoms with Crippen molar-refractivity contribution in [3.63, 3.8) is 0 Å². The molecule has 0 aromatic heterocycles. The molecule has 0 spiro atoms. The lowest BCUT2D eigenvalue weighted by Gasteiger charge is -2.29. The van der Waals surface area contributed by atoms with Gasteiger partial charge < -0.3 is 16.4 Å². The Balaban J connectivity index is 4.44. The van der Waals surface area contributed by atoms with Crippen molar-refractivity contribution in [1.82, 2.24) is 10.6 Å². The fourth-order valence-corrected chi connectivity index (χ4v) is 2.39. The third kappa shape index (κ3) is 10.1. The largest absolute Gasteiger partial charge is 0.356 e. The van der Waals surface area contributed by atoms with Gasteiger partial charge >= 0.3 is 0 Å². The van der Waals surface area contributed by atoms with E-state index in [2.05, 4.69) is 64.1 Å². The molecule has 4 heteroatoms. The molecule has 1 atom stereocenters. The summed E-state index contributed by atoms with van der Waals surface area (Å²) < 4.78 is 0. The minimum absolute atomic E-state index is 0.241. The van der Waals surface area contributed by atoms with Crippen molar-refractivity contribution in [3.05, 3.63) is 0 Å². The topological polar surface area (TPSA) is 62.4 Å². The van der Waals surface area contributed by atoms with E-state index >= 15 is 0 Å². The Morgan fingerprint density at radius 1 is 1.15 bits per heavy atom. The van der Waals surface area contributed by atoms with Crippen LogP contribution in [0.1, 0.15) is 61.3 Å². The van der Waals surface area contributed by atoms with Crippen LogP contribution in [-0.4, -0.2) is 31.1 Å². The van der Waals surface area contributed by atoms with Gasteiger partial charge in [-0.25, -0.2) is 0 Å². The van der Waals surface area contributed by atoms with E-state index in [1.54, 1.807) is 0 Å². The highest BCUT2D eigenvalue weighted by Gasteiger charge is 2.21. The first-order valence-corrected chi connectivity index (χ1v) is 7.94. The van der Waals surface area contributed by atoms with E-state index in [0.717, 1.165) is 25.5 Å². The summed E-state index contributed by atoms with van der Waals surface area (Å²) in [7, 11) is 0. The number of hydrogen-bond acceptors (Lipinski definition) is 2. The lowest BCUT2D eigenvalue weighted by molar-refractivity contribution is 0.269. The van der Waals surface area contributed by atoms with E-state index in [9.17, 15) is 0 Å². The van der Waals surface area contributed by atoms with Crippen LogP contribution in [0.25, 0.3) is 0 Å². The molecule has 0 aromatic carbocycles. The predicted molar refractivity (Wildman–Crippen MR) is 90.1 cm³/mol. The summed E-state index contributed by atoms with van der Waals surface area (Å²) in [5.74, 6) is 1.58. The first kappa shape index (κ1) is 19.2. The molecule has 120 valence electrons. The van der Waals surface area contributed by atoms with E-state index in [4.69, 9.17) is 5.73 Å². The fourth-order valence-electron chi connectivity index (χ4n) is 2.39. The summed E-state index contributed by atoms with van der Waals surface area (Å²) in [5.41, 5.74) is 5.88. The SMILES string of the molecule is CC(CCN)CC(C)(C)CNC(=NC(C)C)NC(C)C. The van der Waals surface area contributed by atoms with E-state index in [-0.39, 0.29) is 5.41 Å². The highest BCUT2D eigenvalue weighted by Crippen LogP contribution is 2.25. The van der Waals surface area contributed by atoms with Gasteiger partial charge in [-0.1, -0.05) is 20.8 Å². The zero-order chi connectivity index (χ0) is 15.8. The van der Waals surface area contributed by atoms with E-state index in [1.807, 2.05) is 0 Å². The number of rotatable bonds is 8. The molecule has 0 radical (unpaired) electrons. The second-order valence-corrected chi connectivity index (χ2v) is 7.27. The van der Waals surface area contributed by atoms with Gasteiger partial charge in [0.2, 0.25) is 0 Å². The number of hydrogen-bond donors (Lipinski definition) is 3. The van der Waals surface area contributed by atoms with Crippen molar-refractivity contribution >= 4 is 5.96 Å². The van der Waals surface area contributed by atoms with Crippen molar-refractivity contribution in [3.8, 4) is 0 Å². The van der Waals surface area contributed by atoms with Gasteiger partial charge in [0.05, 0.1) is 0 Å². The number of guanidine groups is 1. The lowest BCUT2D eigenvalue weighted by Crippen LogP contribution is -2.45. The van der Waals surface area contributed by atoms with Crippen molar-refractivity contribution in [2.24, 2.45) is 22.1 Å². The van der Waals surface area contributed by atoms with Crippen LogP contribution in [0.5, 0.6) is 0 Å². The summed E-state index contributed by atoms with van der Waals surface area (Å²) in [4.78, 5) is 4.61. The van der Waals surface area contributed by atoms with E-state index < -0.39 is 0 Å².